The molecule has 0 bridgehead atoms. The molecule has 0 saturated carbocycles. The zero-order valence-electron chi connectivity index (χ0n) is 14.7. The van der Waals surface area contributed by atoms with Crippen LogP contribution in [0.1, 0.15) is 17.3 Å². The predicted molar refractivity (Wildman–Crippen MR) is 100 cm³/mol. The molecule has 26 heavy (non-hydrogen) atoms. The van der Waals surface area contributed by atoms with E-state index >= 15 is 0 Å². The number of rotatable bonds is 6. The Kier molecular flexibility index (Phi) is 5.86. The van der Waals surface area contributed by atoms with Gasteiger partial charge in [-0.1, -0.05) is 12.1 Å². The Morgan fingerprint density at radius 3 is 2.54 bits per heavy atom. The molecular formula is C20H22N2O4. The van der Waals surface area contributed by atoms with E-state index in [9.17, 15) is 9.59 Å². The molecule has 0 spiro atoms. The van der Waals surface area contributed by atoms with Crippen molar-refractivity contribution < 1.29 is 19.1 Å². The number of anilines is 2. The van der Waals surface area contributed by atoms with E-state index in [-0.39, 0.29) is 5.91 Å². The summed E-state index contributed by atoms with van der Waals surface area (Å²) in [6.45, 7) is 4.85. The summed E-state index contributed by atoms with van der Waals surface area (Å²) in [6.07, 6.45) is -0.0142. The number of carbonyl (C=O) groups is 2. The number of amides is 1. The third kappa shape index (κ3) is 4.40. The zero-order chi connectivity index (χ0) is 18.4. The molecule has 6 heteroatoms. The van der Waals surface area contributed by atoms with Crippen molar-refractivity contribution in [2.45, 2.75) is 13.0 Å². The SMILES string of the molecule is C[C@@H](Oc1ccccc1C=O)C(=O)Nc1ccc(N2CCOCC2)cc1. The second-order valence-electron chi connectivity index (χ2n) is 6.05. The maximum Gasteiger partial charge on any atom is 0.265 e. The van der Waals surface area contributed by atoms with E-state index in [2.05, 4.69) is 10.2 Å². The topological polar surface area (TPSA) is 67.9 Å². The summed E-state index contributed by atoms with van der Waals surface area (Å²) in [4.78, 5) is 25.6. The summed E-state index contributed by atoms with van der Waals surface area (Å²) in [5, 5.41) is 2.83. The minimum Gasteiger partial charge on any atom is -0.480 e. The van der Waals surface area contributed by atoms with Crippen LogP contribution in [-0.2, 0) is 9.53 Å². The number of ether oxygens (including phenoxy) is 2. The predicted octanol–water partition coefficient (Wildman–Crippen LogP) is 2.74. The summed E-state index contributed by atoms with van der Waals surface area (Å²) < 4.78 is 11.0. The number of hydrogen-bond donors (Lipinski definition) is 1. The molecule has 2 aromatic carbocycles. The molecule has 0 radical (unpaired) electrons. The Bertz CT molecular complexity index is 755. The highest BCUT2D eigenvalue weighted by atomic mass is 16.5. The molecule has 3 rings (SSSR count). The van der Waals surface area contributed by atoms with Gasteiger partial charge < -0.3 is 19.7 Å². The molecule has 2 aromatic rings. The molecule has 0 unspecified atom stereocenters. The van der Waals surface area contributed by atoms with Crippen LogP contribution in [0.2, 0.25) is 0 Å². The monoisotopic (exact) mass is 354 g/mol. The van der Waals surface area contributed by atoms with E-state index < -0.39 is 6.10 Å². The quantitative estimate of drug-likeness (QED) is 0.808. The smallest absolute Gasteiger partial charge is 0.265 e. The zero-order valence-corrected chi connectivity index (χ0v) is 14.7. The van der Waals surface area contributed by atoms with Crippen molar-refractivity contribution in [1.82, 2.24) is 0 Å². The molecule has 1 heterocycles. The van der Waals surface area contributed by atoms with Crippen LogP contribution in [0.3, 0.4) is 0 Å². The Hall–Kier alpha value is -2.86. The minimum atomic E-state index is -0.727. The van der Waals surface area contributed by atoms with Crippen LogP contribution in [0.4, 0.5) is 11.4 Å². The lowest BCUT2D eigenvalue weighted by molar-refractivity contribution is -0.122. The number of para-hydroxylation sites is 1. The summed E-state index contributed by atoms with van der Waals surface area (Å²) in [6, 6.07) is 14.5. The average Bonchev–Trinajstić information content (AvgIpc) is 2.69. The van der Waals surface area contributed by atoms with Crippen LogP contribution in [0, 0.1) is 0 Å². The summed E-state index contributed by atoms with van der Waals surface area (Å²) in [7, 11) is 0. The fourth-order valence-electron chi connectivity index (χ4n) is 2.75. The van der Waals surface area contributed by atoms with Gasteiger partial charge in [0.05, 0.1) is 18.8 Å². The molecule has 0 aliphatic carbocycles. The van der Waals surface area contributed by atoms with Crippen LogP contribution < -0.4 is 15.0 Å². The fraction of sp³-hybridized carbons (Fsp3) is 0.300. The standard InChI is InChI=1S/C20H22N2O4/c1-15(26-19-5-3-2-4-16(19)14-23)20(24)21-17-6-8-18(9-7-17)22-10-12-25-13-11-22/h2-9,14-15H,10-13H2,1H3,(H,21,24)/t15-/m1/s1. The second kappa shape index (κ2) is 8.49. The van der Waals surface area contributed by atoms with Crippen molar-refractivity contribution >= 4 is 23.6 Å². The maximum absolute atomic E-state index is 12.4. The van der Waals surface area contributed by atoms with Gasteiger partial charge in [0.25, 0.3) is 5.91 Å². The Morgan fingerprint density at radius 1 is 1.15 bits per heavy atom. The van der Waals surface area contributed by atoms with Gasteiger partial charge in [0.2, 0.25) is 0 Å². The average molecular weight is 354 g/mol. The van der Waals surface area contributed by atoms with Crippen LogP contribution in [0.15, 0.2) is 48.5 Å². The molecule has 1 fully saturated rings. The van der Waals surface area contributed by atoms with E-state index in [0.717, 1.165) is 32.0 Å². The van der Waals surface area contributed by atoms with Crippen LogP contribution in [-0.4, -0.2) is 44.6 Å². The van der Waals surface area contributed by atoms with E-state index in [0.29, 0.717) is 23.3 Å². The van der Waals surface area contributed by atoms with Gasteiger partial charge in [0.15, 0.2) is 12.4 Å². The van der Waals surface area contributed by atoms with Crippen LogP contribution >= 0.6 is 0 Å². The third-order valence-corrected chi connectivity index (χ3v) is 4.23. The highest BCUT2D eigenvalue weighted by Crippen LogP contribution is 2.20. The van der Waals surface area contributed by atoms with E-state index in [1.807, 2.05) is 24.3 Å². The highest BCUT2D eigenvalue weighted by molar-refractivity contribution is 5.94. The number of hydrogen-bond acceptors (Lipinski definition) is 5. The first-order valence-electron chi connectivity index (χ1n) is 8.62. The van der Waals surface area contributed by atoms with Gasteiger partial charge >= 0.3 is 0 Å². The van der Waals surface area contributed by atoms with E-state index in [1.165, 1.54) is 0 Å². The lowest BCUT2D eigenvalue weighted by Gasteiger charge is -2.29. The van der Waals surface area contributed by atoms with Crippen molar-refractivity contribution in [3.63, 3.8) is 0 Å². The lowest BCUT2D eigenvalue weighted by atomic mass is 10.2. The number of aldehydes is 1. The first-order valence-corrected chi connectivity index (χ1v) is 8.62. The lowest BCUT2D eigenvalue weighted by Crippen LogP contribution is -2.36. The Balaban J connectivity index is 1.59. The molecule has 136 valence electrons. The van der Waals surface area contributed by atoms with Crippen molar-refractivity contribution in [3.8, 4) is 5.75 Å². The third-order valence-electron chi connectivity index (χ3n) is 4.23. The highest BCUT2D eigenvalue weighted by Gasteiger charge is 2.17. The van der Waals surface area contributed by atoms with Gasteiger partial charge in [0.1, 0.15) is 5.75 Å². The van der Waals surface area contributed by atoms with Gasteiger partial charge in [-0.15, -0.1) is 0 Å². The van der Waals surface area contributed by atoms with E-state index in [1.54, 1.807) is 31.2 Å². The summed E-state index contributed by atoms with van der Waals surface area (Å²) in [5.74, 6) is 0.123. The van der Waals surface area contributed by atoms with Crippen LogP contribution in [0.5, 0.6) is 5.75 Å². The number of nitrogens with zero attached hydrogens (tertiary/aromatic N) is 1. The molecule has 1 amide bonds. The Morgan fingerprint density at radius 2 is 1.85 bits per heavy atom. The molecule has 1 N–H and O–H groups in total. The van der Waals surface area contributed by atoms with Crippen LogP contribution in [0.25, 0.3) is 0 Å². The number of carbonyl (C=O) groups excluding carboxylic acids is 2. The maximum atomic E-state index is 12.4. The molecule has 6 nitrogen and oxygen atoms in total. The second-order valence-corrected chi connectivity index (χ2v) is 6.05. The van der Waals surface area contributed by atoms with Crippen molar-refractivity contribution in [2.24, 2.45) is 0 Å². The van der Waals surface area contributed by atoms with E-state index in [4.69, 9.17) is 9.47 Å². The Labute approximate surface area is 152 Å². The van der Waals surface area contributed by atoms with Crippen molar-refractivity contribution in [2.75, 3.05) is 36.5 Å². The van der Waals surface area contributed by atoms with Gasteiger partial charge in [-0.3, -0.25) is 9.59 Å². The first-order chi connectivity index (χ1) is 12.7. The molecular weight excluding hydrogens is 332 g/mol. The fourth-order valence-corrected chi connectivity index (χ4v) is 2.75. The van der Waals surface area contributed by atoms with Gasteiger partial charge in [-0.25, -0.2) is 0 Å². The van der Waals surface area contributed by atoms with Crippen molar-refractivity contribution in [1.29, 1.82) is 0 Å². The molecule has 1 atom stereocenters. The summed E-state index contributed by atoms with van der Waals surface area (Å²) in [5.41, 5.74) is 2.23. The van der Waals surface area contributed by atoms with Crippen molar-refractivity contribution in [3.05, 3.63) is 54.1 Å². The normalized spacial score (nSPS) is 15.2. The number of nitrogens with one attached hydrogen (secondary N) is 1. The first kappa shape index (κ1) is 17.9. The molecule has 0 aromatic heterocycles. The van der Waals surface area contributed by atoms with Gasteiger partial charge in [-0.2, -0.15) is 0 Å². The molecule has 1 aliphatic rings. The number of benzene rings is 2. The number of morpholine rings is 1. The largest absolute Gasteiger partial charge is 0.480 e. The summed E-state index contributed by atoms with van der Waals surface area (Å²) >= 11 is 0. The molecule has 1 aliphatic heterocycles. The minimum absolute atomic E-state index is 0.273. The van der Waals surface area contributed by atoms with Gasteiger partial charge in [-0.05, 0) is 43.3 Å². The van der Waals surface area contributed by atoms with Gasteiger partial charge in [0, 0.05) is 24.5 Å². The molecule has 1 saturated heterocycles.